The minimum absolute atomic E-state index is 0.387. The molecule has 2 aromatic heterocycles. The number of hydrogen-bond acceptors (Lipinski definition) is 5. The number of rotatable bonds is 2. The number of benzene rings is 2. The Hall–Kier alpha value is -3.51. The van der Waals surface area contributed by atoms with Gasteiger partial charge in [-0.15, -0.1) is 11.3 Å². The molecule has 0 fully saturated rings. The third-order valence-corrected chi connectivity index (χ3v) is 5.40. The van der Waals surface area contributed by atoms with Crippen molar-refractivity contribution in [3.05, 3.63) is 77.6 Å². The van der Waals surface area contributed by atoms with E-state index in [2.05, 4.69) is 10.3 Å². The van der Waals surface area contributed by atoms with Crippen LogP contribution < -0.4 is 5.32 Å². The largest absolute Gasteiger partial charge is 0.454 e. The van der Waals surface area contributed by atoms with Crippen molar-refractivity contribution >= 4 is 45.0 Å². The molecule has 1 aliphatic heterocycles. The summed E-state index contributed by atoms with van der Waals surface area (Å²) in [6, 6.07) is 18.5. The van der Waals surface area contributed by atoms with Crippen LogP contribution in [-0.4, -0.2) is 16.8 Å². The summed E-state index contributed by atoms with van der Waals surface area (Å²) in [7, 11) is 0. The molecule has 4 aromatic rings. The van der Waals surface area contributed by atoms with Crippen LogP contribution in [0.5, 0.6) is 0 Å². The summed E-state index contributed by atoms with van der Waals surface area (Å²) in [5, 5.41) is 3.15. The lowest BCUT2D eigenvalue weighted by Crippen LogP contribution is -2.36. The van der Waals surface area contributed by atoms with E-state index in [4.69, 9.17) is 4.42 Å². The SMILES string of the molecule is O=C1NC(=O)c2ccccc2/C1=C\c1ccc(-c2nc3ccccc3s2)o1. The van der Waals surface area contributed by atoms with Crippen molar-refractivity contribution in [1.82, 2.24) is 10.3 Å². The third-order valence-electron chi connectivity index (χ3n) is 4.35. The van der Waals surface area contributed by atoms with Gasteiger partial charge in [-0.2, -0.15) is 0 Å². The second kappa shape index (κ2) is 6.03. The highest BCUT2D eigenvalue weighted by atomic mass is 32.1. The quantitative estimate of drug-likeness (QED) is 0.419. The molecule has 5 rings (SSSR count). The Balaban J connectivity index is 1.56. The zero-order valence-corrected chi connectivity index (χ0v) is 14.7. The van der Waals surface area contributed by atoms with Crippen molar-refractivity contribution in [3.8, 4) is 10.8 Å². The molecule has 0 spiro atoms. The lowest BCUT2D eigenvalue weighted by molar-refractivity contribution is -0.114. The first kappa shape index (κ1) is 15.7. The van der Waals surface area contributed by atoms with E-state index in [1.807, 2.05) is 30.3 Å². The van der Waals surface area contributed by atoms with Gasteiger partial charge in [-0.3, -0.25) is 14.9 Å². The number of nitrogens with zero attached hydrogens (tertiary/aromatic N) is 1. The molecule has 1 aliphatic rings. The molecule has 3 heterocycles. The molecule has 0 atom stereocenters. The molecular weight excluding hydrogens is 360 g/mol. The smallest absolute Gasteiger partial charge is 0.258 e. The Labute approximate surface area is 158 Å². The molecule has 6 heteroatoms. The molecule has 5 nitrogen and oxygen atoms in total. The maximum absolute atomic E-state index is 12.3. The van der Waals surface area contributed by atoms with Crippen LogP contribution in [0.1, 0.15) is 21.7 Å². The Morgan fingerprint density at radius 1 is 0.889 bits per heavy atom. The fourth-order valence-electron chi connectivity index (χ4n) is 3.08. The van der Waals surface area contributed by atoms with Crippen molar-refractivity contribution in [2.45, 2.75) is 0 Å². The number of nitrogens with one attached hydrogen (secondary N) is 1. The monoisotopic (exact) mass is 372 g/mol. The Morgan fingerprint density at radius 2 is 1.67 bits per heavy atom. The van der Waals surface area contributed by atoms with Gasteiger partial charge in [0.2, 0.25) is 0 Å². The van der Waals surface area contributed by atoms with E-state index in [9.17, 15) is 9.59 Å². The minimum atomic E-state index is -0.434. The number of furan rings is 1. The number of aromatic nitrogens is 1. The van der Waals surface area contributed by atoms with Crippen LogP contribution >= 0.6 is 11.3 Å². The molecule has 1 N–H and O–H groups in total. The summed E-state index contributed by atoms with van der Waals surface area (Å²) >= 11 is 1.55. The topological polar surface area (TPSA) is 72.2 Å². The van der Waals surface area contributed by atoms with Crippen LogP contribution in [0.2, 0.25) is 0 Å². The van der Waals surface area contributed by atoms with Gasteiger partial charge in [0.1, 0.15) is 5.76 Å². The van der Waals surface area contributed by atoms with E-state index >= 15 is 0 Å². The molecule has 0 unspecified atom stereocenters. The highest BCUT2D eigenvalue weighted by molar-refractivity contribution is 7.21. The van der Waals surface area contributed by atoms with Crippen LogP contribution in [0.15, 0.2) is 65.1 Å². The van der Waals surface area contributed by atoms with Gasteiger partial charge in [0, 0.05) is 11.1 Å². The van der Waals surface area contributed by atoms with Crippen molar-refractivity contribution in [3.63, 3.8) is 0 Å². The van der Waals surface area contributed by atoms with Crippen LogP contribution in [0.25, 0.3) is 32.6 Å². The molecule has 0 saturated carbocycles. The lowest BCUT2D eigenvalue weighted by atomic mass is 9.94. The van der Waals surface area contributed by atoms with Crippen LogP contribution in [0.3, 0.4) is 0 Å². The molecule has 0 aliphatic carbocycles. The number of amides is 2. The van der Waals surface area contributed by atoms with E-state index in [1.54, 1.807) is 47.7 Å². The van der Waals surface area contributed by atoms with Gasteiger partial charge in [-0.1, -0.05) is 30.3 Å². The van der Waals surface area contributed by atoms with Crippen LogP contribution in [0.4, 0.5) is 0 Å². The molecule has 130 valence electrons. The number of carbonyl (C=O) groups is 2. The first-order valence-electron chi connectivity index (χ1n) is 8.31. The van der Waals surface area contributed by atoms with Crippen molar-refractivity contribution < 1.29 is 14.0 Å². The molecular formula is C21H12N2O3S. The second-order valence-electron chi connectivity index (χ2n) is 6.08. The lowest BCUT2D eigenvalue weighted by Gasteiger charge is -2.17. The Bertz CT molecular complexity index is 1220. The maximum atomic E-state index is 12.3. The van der Waals surface area contributed by atoms with E-state index in [1.165, 1.54) is 0 Å². The summed E-state index contributed by atoms with van der Waals surface area (Å²) in [6.07, 6.45) is 1.65. The number of fused-ring (bicyclic) bond motifs is 2. The van der Waals surface area contributed by atoms with Gasteiger partial charge in [0.05, 0.1) is 15.8 Å². The van der Waals surface area contributed by atoms with Gasteiger partial charge in [-0.05, 0) is 36.4 Å². The average Bonchev–Trinajstić information content (AvgIpc) is 3.31. The second-order valence-corrected chi connectivity index (χ2v) is 7.11. The molecule has 2 aromatic carbocycles. The van der Waals surface area contributed by atoms with Crippen molar-refractivity contribution in [2.24, 2.45) is 0 Å². The fraction of sp³-hybridized carbons (Fsp3) is 0. The van der Waals surface area contributed by atoms with E-state index in [-0.39, 0.29) is 5.91 Å². The predicted octanol–water partition coefficient (Wildman–Crippen LogP) is 4.37. The summed E-state index contributed by atoms with van der Waals surface area (Å²) in [6.45, 7) is 0. The molecule has 0 radical (unpaired) electrons. The molecule has 27 heavy (non-hydrogen) atoms. The van der Waals surface area contributed by atoms with Crippen molar-refractivity contribution in [2.75, 3.05) is 0 Å². The summed E-state index contributed by atoms with van der Waals surface area (Å²) in [5.74, 6) is 0.348. The molecule has 0 saturated heterocycles. The van der Waals surface area contributed by atoms with Crippen LogP contribution in [0, 0.1) is 0 Å². The number of hydrogen-bond donors (Lipinski definition) is 1. The maximum Gasteiger partial charge on any atom is 0.258 e. The number of imide groups is 1. The predicted molar refractivity (Wildman–Crippen MR) is 104 cm³/mol. The zero-order chi connectivity index (χ0) is 18.4. The normalized spacial score (nSPS) is 15.2. The van der Waals surface area contributed by atoms with Gasteiger partial charge >= 0.3 is 0 Å². The summed E-state index contributed by atoms with van der Waals surface area (Å²) < 4.78 is 6.98. The van der Waals surface area contributed by atoms with Crippen LogP contribution in [-0.2, 0) is 4.79 Å². The standard InChI is InChI=1S/C21H12N2O3S/c24-19-14-6-2-1-5-13(14)15(20(25)23-19)11-12-9-10-17(26-12)21-22-16-7-3-4-8-18(16)27-21/h1-11H,(H,23,24,25)/b15-11+. The minimum Gasteiger partial charge on any atom is -0.454 e. The number of para-hydroxylation sites is 1. The highest BCUT2D eigenvalue weighted by Crippen LogP contribution is 2.32. The Kier molecular flexibility index (Phi) is 3.51. The molecule has 0 bridgehead atoms. The Morgan fingerprint density at radius 3 is 2.52 bits per heavy atom. The van der Waals surface area contributed by atoms with Gasteiger partial charge in [-0.25, -0.2) is 4.98 Å². The number of thiazole rings is 1. The van der Waals surface area contributed by atoms with E-state index in [0.29, 0.717) is 28.2 Å². The summed E-state index contributed by atoms with van der Waals surface area (Å²) in [4.78, 5) is 28.9. The summed E-state index contributed by atoms with van der Waals surface area (Å²) in [5.41, 5.74) is 2.40. The highest BCUT2D eigenvalue weighted by Gasteiger charge is 2.27. The first-order valence-corrected chi connectivity index (χ1v) is 9.13. The van der Waals surface area contributed by atoms with E-state index < -0.39 is 5.91 Å². The third kappa shape index (κ3) is 2.67. The van der Waals surface area contributed by atoms with Gasteiger partial charge in [0.25, 0.3) is 11.8 Å². The average molecular weight is 372 g/mol. The van der Waals surface area contributed by atoms with E-state index in [0.717, 1.165) is 15.2 Å². The van der Waals surface area contributed by atoms with Gasteiger partial charge < -0.3 is 4.42 Å². The first-order chi connectivity index (χ1) is 13.2. The fourth-order valence-corrected chi connectivity index (χ4v) is 4.01. The number of carbonyl (C=O) groups excluding carboxylic acids is 2. The van der Waals surface area contributed by atoms with Gasteiger partial charge in [0.15, 0.2) is 10.8 Å². The molecule has 2 amide bonds. The van der Waals surface area contributed by atoms with Crippen molar-refractivity contribution in [1.29, 1.82) is 0 Å². The zero-order valence-electron chi connectivity index (χ0n) is 13.9.